The molecule has 1 N–H and O–H groups in total. The molecule has 0 spiro atoms. The first kappa shape index (κ1) is 26.3. The SMILES string of the molecule is COc1ccc(OCc2nc(-c3cc(C(=O)NCCC4=CCCCC4)c(C)n3Cc3cccs3)cs2)cc1. The predicted octanol–water partition coefficient (Wildman–Crippen LogP) is 7.24. The molecule has 0 radical (unpaired) electrons. The summed E-state index contributed by atoms with van der Waals surface area (Å²) in [5.74, 6) is 1.53. The fraction of sp³-hybridized carbons (Fsp3) is 0.333. The van der Waals surface area contributed by atoms with Crippen molar-refractivity contribution in [2.75, 3.05) is 13.7 Å². The van der Waals surface area contributed by atoms with Gasteiger partial charge in [-0.15, -0.1) is 22.7 Å². The van der Waals surface area contributed by atoms with Gasteiger partial charge in [-0.25, -0.2) is 4.98 Å². The topological polar surface area (TPSA) is 65.4 Å². The van der Waals surface area contributed by atoms with Crippen molar-refractivity contribution in [2.45, 2.75) is 52.2 Å². The molecule has 4 aromatic rings. The van der Waals surface area contributed by atoms with Crippen LogP contribution in [0.15, 0.2) is 64.9 Å². The van der Waals surface area contributed by atoms with Gasteiger partial charge in [0.1, 0.15) is 23.1 Å². The Balaban J connectivity index is 1.32. The maximum absolute atomic E-state index is 13.2. The highest BCUT2D eigenvalue weighted by Gasteiger charge is 2.21. The van der Waals surface area contributed by atoms with E-state index in [0.717, 1.165) is 52.9 Å². The van der Waals surface area contributed by atoms with Crippen LogP contribution in [0.1, 0.15) is 58.0 Å². The highest BCUT2D eigenvalue weighted by atomic mass is 32.1. The molecule has 0 saturated heterocycles. The van der Waals surface area contributed by atoms with E-state index in [1.165, 1.54) is 23.3 Å². The highest BCUT2D eigenvalue weighted by Crippen LogP contribution is 2.30. The molecular weight excluding hydrogens is 514 g/mol. The zero-order chi connectivity index (χ0) is 26.3. The zero-order valence-electron chi connectivity index (χ0n) is 21.9. The minimum atomic E-state index is -0.0246. The van der Waals surface area contributed by atoms with E-state index in [-0.39, 0.29) is 5.91 Å². The molecule has 198 valence electrons. The number of allylic oxidation sites excluding steroid dienone is 1. The van der Waals surface area contributed by atoms with Gasteiger partial charge < -0.3 is 19.4 Å². The smallest absolute Gasteiger partial charge is 0.253 e. The summed E-state index contributed by atoms with van der Waals surface area (Å²) in [6.45, 7) is 3.77. The summed E-state index contributed by atoms with van der Waals surface area (Å²) in [6.07, 6.45) is 8.13. The Labute approximate surface area is 232 Å². The Hall–Kier alpha value is -3.36. The second-order valence-corrected chi connectivity index (χ2v) is 11.4. The van der Waals surface area contributed by atoms with E-state index in [1.807, 2.05) is 42.6 Å². The fourth-order valence-corrected chi connectivity index (χ4v) is 6.12. The number of nitrogens with zero attached hydrogens (tertiary/aromatic N) is 2. The van der Waals surface area contributed by atoms with E-state index in [4.69, 9.17) is 14.5 Å². The maximum atomic E-state index is 13.2. The summed E-state index contributed by atoms with van der Waals surface area (Å²) in [5.41, 5.74) is 4.93. The molecule has 3 aromatic heterocycles. The van der Waals surface area contributed by atoms with Gasteiger partial charge in [0.2, 0.25) is 0 Å². The minimum Gasteiger partial charge on any atom is -0.497 e. The van der Waals surface area contributed by atoms with Crippen molar-refractivity contribution in [1.29, 1.82) is 0 Å². The molecule has 0 aliphatic heterocycles. The van der Waals surface area contributed by atoms with Gasteiger partial charge in [0, 0.05) is 22.5 Å². The van der Waals surface area contributed by atoms with Crippen LogP contribution in [-0.4, -0.2) is 29.1 Å². The molecule has 1 aliphatic carbocycles. The largest absolute Gasteiger partial charge is 0.497 e. The first-order valence-corrected chi connectivity index (χ1v) is 14.8. The van der Waals surface area contributed by atoms with Gasteiger partial charge in [0.15, 0.2) is 0 Å². The van der Waals surface area contributed by atoms with Gasteiger partial charge >= 0.3 is 0 Å². The first-order chi connectivity index (χ1) is 18.6. The van der Waals surface area contributed by atoms with E-state index in [0.29, 0.717) is 25.3 Å². The van der Waals surface area contributed by atoms with E-state index >= 15 is 0 Å². The summed E-state index contributed by atoms with van der Waals surface area (Å²) >= 11 is 3.28. The number of hydrogen-bond donors (Lipinski definition) is 1. The molecule has 0 saturated carbocycles. The molecule has 0 atom stereocenters. The Bertz CT molecular complexity index is 1380. The van der Waals surface area contributed by atoms with E-state index < -0.39 is 0 Å². The molecule has 8 heteroatoms. The molecule has 6 nitrogen and oxygen atoms in total. The third kappa shape index (κ3) is 6.37. The third-order valence-corrected chi connectivity index (χ3v) is 8.54. The summed E-state index contributed by atoms with van der Waals surface area (Å²) in [6, 6.07) is 13.7. The lowest BCUT2D eigenvalue weighted by atomic mass is 9.97. The molecule has 1 aromatic carbocycles. The van der Waals surface area contributed by atoms with Gasteiger partial charge in [-0.1, -0.05) is 17.7 Å². The summed E-state index contributed by atoms with van der Waals surface area (Å²) < 4.78 is 13.4. The Morgan fingerprint density at radius 2 is 1.97 bits per heavy atom. The average Bonchev–Trinajstić information content (AvgIpc) is 3.70. The number of carbonyl (C=O) groups is 1. The van der Waals surface area contributed by atoms with Crippen LogP contribution < -0.4 is 14.8 Å². The summed E-state index contributed by atoms with van der Waals surface area (Å²) in [7, 11) is 1.65. The van der Waals surface area contributed by atoms with Crippen LogP contribution in [0.4, 0.5) is 0 Å². The van der Waals surface area contributed by atoms with Crippen molar-refractivity contribution in [3.05, 3.63) is 86.0 Å². The number of ether oxygens (including phenoxy) is 2. The zero-order valence-corrected chi connectivity index (χ0v) is 23.5. The van der Waals surface area contributed by atoms with Crippen LogP contribution in [0.2, 0.25) is 0 Å². The normalized spacial score (nSPS) is 13.3. The molecule has 1 amide bonds. The number of thiophene rings is 1. The van der Waals surface area contributed by atoms with Crippen molar-refractivity contribution in [1.82, 2.24) is 14.9 Å². The lowest BCUT2D eigenvalue weighted by Gasteiger charge is -2.13. The molecule has 5 rings (SSSR count). The minimum absolute atomic E-state index is 0.0246. The quantitative estimate of drug-likeness (QED) is 0.201. The van der Waals surface area contributed by atoms with Crippen molar-refractivity contribution in [3.8, 4) is 22.9 Å². The van der Waals surface area contributed by atoms with Crippen LogP contribution in [0.3, 0.4) is 0 Å². The van der Waals surface area contributed by atoms with Crippen molar-refractivity contribution >= 4 is 28.6 Å². The molecule has 0 unspecified atom stereocenters. The van der Waals surface area contributed by atoms with Crippen molar-refractivity contribution in [3.63, 3.8) is 0 Å². The highest BCUT2D eigenvalue weighted by molar-refractivity contribution is 7.10. The Kier molecular flexibility index (Phi) is 8.61. The number of thiazole rings is 1. The number of hydrogen-bond acceptors (Lipinski definition) is 6. The van der Waals surface area contributed by atoms with E-state index in [1.54, 1.807) is 29.8 Å². The lowest BCUT2D eigenvalue weighted by Crippen LogP contribution is -2.25. The summed E-state index contributed by atoms with van der Waals surface area (Å²) in [5, 5.41) is 8.16. The van der Waals surface area contributed by atoms with E-state index in [9.17, 15) is 4.79 Å². The number of aromatic nitrogens is 2. The van der Waals surface area contributed by atoms with Gasteiger partial charge in [-0.2, -0.15) is 0 Å². The number of nitrogens with one attached hydrogen (secondary N) is 1. The fourth-order valence-electron chi connectivity index (χ4n) is 4.72. The Morgan fingerprint density at radius 1 is 1.13 bits per heavy atom. The van der Waals surface area contributed by atoms with Gasteiger partial charge in [0.05, 0.1) is 30.6 Å². The van der Waals surface area contributed by atoms with Crippen LogP contribution in [0, 0.1) is 6.92 Å². The number of benzene rings is 1. The Morgan fingerprint density at radius 3 is 2.71 bits per heavy atom. The second kappa shape index (κ2) is 12.5. The molecule has 1 aliphatic rings. The standard InChI is InChI=1S/C30H33N3O3S2/c1-21-26(30(34)31-15-14-22-7-4-3-5-8-22)17-28(33(21)18-25-9-6-16-37-25)27-20-38-29(32-27)19-36-24-12-10-23(35-2)11-13-24/h6-7,9-13,16-17,20H,3-5,8,14-15,18-19H2,1-2H3,(H,31,34). The van der Waals surface area contributed by atoms with E-state index in [2.05, 4.69) is 33.5 Å². The van der Waals surface area contributed by atoms with Crippen LogP contribution >= 0.6 is 22.7 Å². The average molecular weight is 548 g/mol. The van der Waals surface area contributed by atoms with Gasteiger partial charge in [-0.05, 0) is 80.8 Å². The maximum Gasteiger partial charge on any atom is 0.253 e. The van der Waals surface area contributed by atoms with Crippen LogP contribution in [0.5, 0.6) is 11.5 Å². The van der Waals surface area contributed by atoms with Crippen LogP contribution in [-0.2, 0) is 13.2 Å². The molecular formula is C30H33N3O3S2. The second-order valence-electron chi connectivity index (χ2n) is 9.40. The third-order valence-electron chi connectivity index (χ3n) is 6.86. The lowest BCUT2D eigenvalue weighted by molar-refractivity contribution is 0.0953. The number of rotatable bonds is 11. The van der Waals surface area contributed by atoms with Crippen LogP contribution in [0.25, 0.3) is 11.4 Å². The molecule has 0 fully saturated rings. The molecule has 0 bridgehead atoms. The van der Waals surface area contributed by atoms with Gasteiger partial charge in [-0.3, -0.25) is 4.79 Å². The molecule has 38 heavy (non-hydrogen) atoms. The monoisotopic (exact) mass is 547 g/mol. The predicted molar refractivity (Wildman–Crippen MR) is 155 cm³/mol. The molecule has 3 heterocycles. The number of carbonyl (C=O) groups excluding carboxylic acids is 1. The number of methoxy groups -OCH3 is 1. The summed E-state index contributed by atoms with van der Waals surface area (Å²) in [4.78, 5) is 19.3. The van der Waals surface area contributed by atoms with Gasteiger partial charge in [0.25, 0.3) is 5.91 Å². The van der Waals surface area contributed by atoms with Crippen molar-refractivity contribution < 1.29 is 14.3 Å². The van der Waals surface area contributed by atoms with Crippen molar-refractivity contribution in [2.24, 2.45) is 0 Å². The number of amides is 1. The first-order valence-electron chi connectivity index (χ1n) is 13.0.